The van der Waals surface area contributed by atoms with Crippen LogP contribution in [0.5, 0.6) is 17.4 Å². The van der Waals surface area contributed by atoms with Gasteiger partial charge in [-0.15, -0.1) is 0 Å². The summed E-state index contributed by atoms with van der Waals surface area (Å²) in [6.07, 6.45) is 0.707. The Hall–Kier alpha value is -3.23. The second-order valence-electron chi connectivity index (χ2n) is 6.85. The normalized spacial score (nSPS) is 15.5. The molecule has 0 saturated carbocycles. The van der Waals surface area contributed by atoms with E-state index in [2.05, 4.69) is 10.3 Å². The first-order valence-corrected chi connectivity index (χ1v) is 9.64. The topological polar surface area (TPSA) is 106 Å². The zero-order valence-electron chi connectivity index (χ0n) is 16.4. The molecule has 0 radical (unpaired) electrons. The number of hydrogen-bond donors (Lipinski definition) is 3. The molecule has 0 amide bonds. The molecule has 0 saturated heterocycles. The van der Waals surface area contributed by atoms with Crippen molar-refractivity contribution in [1.29, 1.82) is 0 Å². The molecule has 1 aliphatic rings. The van der Waals surface area contributed by atoms with E-state index in [1.54, 1.807) is 31.4 Å². The molecule has 1 atom stereocenters. The molecular weight excluding hydrogens is 410 g/mol. The molecule has 2 heterocycles. The van der Waals surface area contributed by atoms with Gasteiger partial charge in [0.2, 0.25) is 5.88 Å². The second-order valence-corrected chi connectivity index (χ2v) is 7.29. The minimum atomic E-state index is -0.758. The van der Waals surface area contributed by atoms with Crippen LogP contribution in [0.25, 0.3) is 5.69 Å². The summed E-state index contributed by atoms with van der Waals surface area (Å²) >= 11 is 6.04. The monoisotopic (exact) mass is 429 g/mol. The first kappa shape index (κ1) is 20.1. The predicted octanol–water partition coefficient (Wildman–Crippen LogP) is 2.14. The number of methoxy groups -OCH3 is 2. The van der Waals surface area contributed by atoms with E-state index in [1.807, 2.05) is 6.07 Å². The summed E-state index contributed by atoms with van der Waals surface area (Å²) in [7, 11) is 3.08. The Morgan fingerprint density at radius 1 is 1.13 bits per heavy atom. The van der Waals surface area contributed by atoms with E-state index < -0.39 is 23.2 Å². The van der Waals surface area contributed by atoms with Crippen molar-refractivity contribution in [2.45, 2.75) is 12.5 Å². The van der Waals surface area contributed by atoms with Crippen molar-refractivity contribution in [2.75, 3.05) is 20.8 Å². The van der Waals surface area contributed by atoms with Gasteiger partial charge in [0.1, 0.15) is 0 Å². The molecule has 8 nitrogen and oxygen atoms in total. The maximum atomic E-state index is 12.7. The van der Waals surface area contributed by atoms with Gasteiger partial charge < -0.3 is 19.9 Å². The lowest BCUT2D eigenvalue weighted by molar-refractivity contribution is 0.352. The maximum absolute atomic E-state index is 12.7. The highest BCUT2D eigenvalue weighted by molar-refractivity contribution is 6.30. The third-order valence-electron chi connectivity index (χ3n) is 5.18. The van der Waals surface area contributed by atoms with Gasteiger partial charge in [0.15, 0.2) is 11.5 Å². The van der Waals surface area contributed by atoms with E-state index >= 15 is 0 Å². The predicted molar refractivity (Wildman–Crippen MR) is 112 cm³/mol. The van der Waals surface area contributed by atoms with Crippen LogP contribution in [0.4, 0.5) is 0 Å². The standard InChI is InChI=1S/C21H20ClN3O5/c1-29-15-8-11-6-7-23-18(14(11)10-16(15)30-2)17-19(26)24-21(28)25(20(17)27)13-5-3-4-12(22)9-13/h3-5,8-10,18,23,27H,6-7H2,1-2H3,(H,24,26,28)/t18-/m0/s1. The molecule has 156 valence electrons. The highest BCUT2D eigenvalue weighted by atomic mass is 35.5. The van der Waals surface area contributed by atoms with Crippen molar-refractivity contribution in [1.82, 2.24) is 14.9 Å². The number of halogens is 1. The lowest BCUT2D eigenvalue weighted by atomic mass is 9.90. The van der Waals surface area contributed by atoms with Crippen molar-refractivity contribution in [3.63, 3.8) is 0 Å². The van der Waals surface area contributed by atoms with Gasteiger partial charge in [0, 0.05) is 11.6 Å². The molecule has 2 aromatic carbocycles. The van der Waals surface area contributed by atoms with Gasteiger partial charge in [0.25, 0.3) is 5.56 Å². The molecular formula is C21H20ClN3O5. The lowest BCUT2D eigenvalue weighted by Gasteiger charge is -2.28. The van der Waals surface area contributed by atoms with Crippen LogP contribution in [0, 0.1) is 0 Å². The van der Waals surface area contributed by atoms with Crippen molar-refractivity contribution in [3.8, 4) is 23.1 Å². The van der Waals surface area contributed by atoms with E-state index in [0.29, 0.717) is 35.2 Å². The number of nitrogens with zero attached hydrogens (tertiary/aromatic N) is 1. The average Bonchev–Trinajstić information content (AvgIpc) is 2.72. The zero-order chi connectivity index (χ0) is 21.4. The third-order valence-corrected chi connectivity index (χ3v) is 5.41. The number of aromatic amines is 1. The summed E-state index contributed by atoms with van der Waals surface area (Å²) in [6, 6.07) is 9.44. The third kappa shape index (κ3) is 3.34. The first-order chi connectivity index (χ1) is 14.4. The van der Waals surface area contributed by atoms with Crippen LogP contribution in [0.15, 0.2) is 46.0 Å². The van der Waals surface area contributed by atoms with Crippen LogP contribution < -0.4 is 26.0 Å². The maximum Gasteiger partial charge on any atom is 0.335 e. The van der Waals surface area contributed by atoms with Crippen LogP contribution in [-0.4, -0.2) is 35.4 Å². The van der Waals surface area contributed by atoms with Gasteiger partial charge in [0.05, 0.1) is 31.5 Å². The van der Waals surface area contributed by atoms with Crippen LogP contribution in [0.2, 0.25) is 5.02 Å². The Morgan fingerprint density at radius 2 is 1.87 bits per heavy atom. The van der Waals surface area contributed by atoms with Crippen molar-refractivity contribution in [3.05, 3.63) is 78.9 Å². The summed E-state index contributed by atoms with van der Waals surface area (Å²) in [5.41, 5.74) is 0.656. The van der Waals surface area contributed by atoms with E-state index in [-0.39, 0.29) is 5.56 Å². The summed E-state index contributed by atoms with van der Waals surface area (Å²) in [5, 5.41) is 14.7. The molecule has 4 rings (SSSR count). The molecule has 0 bridgehead atoms. The fourth-order valence-corrected chi connectivity index (χ4v) is 3.98. The van der Waals surface area contributed by atoms with Crippen LogP contribution in [-0.2, 0) is 6.42 Å². The number of nitrogens with one attached hydrogen (secondary N) is 2. The Balaban J connectivity index is 1.94. The van der Waals surface area contributed by atoms with E-state index in [4.69, 9.17) is 21.1 Å². The molecule has 0 aliphatic carbocycles. The summed E-state index contributed by atoms with van der Waals surface area (Å²) in [6.45, 7) is 0.572. The summed E-state index contributed by atoms with van der Waals surface area (Å²) in [5.74, 6) is 0.633. The highest BCUT2D eigenvalue weighted by Gasteiger charge is 2.30. The molecule has 0 fully saturated rings. The number of aromatic hydroxyl groups is 1. The minimum Gasteiger partial charge on any atom is -0.494 e. The minimum absolute atomic E-state index is 0.0303. The van der Waals surface area contributed by atoms with Crippen LogP contribution in [0.3, 0.4) is 0 Å². The Bertz CT molecular complexity index is 1230. The number of ether oxygens (including phenoxy) is 2. The molecule has 3 N–H and O–H groups in total. The van der Waals surface area contributed by atoms with Crippen LogP contribution in [0.1, 0.15) is 22.7 Å². The smallest absolute Gasteiger partial charge is 0.335 e. The molecule has 3 aromatic rings. The van der Waals surface area contributed by atoms with E-state index in [1.165, 1.54) is 13.2 Å². The molecule has 30 heavy (non-hydrogen) atoms. The molecule has 9 heteroatoms. The Morgan fingerprint density at radius 3 is 2.57 bits per heavy atom. The van der Waals surface area contributed by atoms with Gasteiger partial charge in [-0.2, -0.15) is 0 Å². The van der Waals surface area contributed by atoms with E-state index in [0.717, 1.165) is 15.7 Å². The number of benzene rings is 2. The van der Waals surface area contributed by atoms with Gasteiger partial charge in [-0.3, -0.25) is 9.78 Å². The average molecular weight is 430 g/mol. The molecule has 1 aliphatic heterocycles. The first-order valence-electron chi connectivity index (χ1n) is 9.27. The Kier molecular flexibility index (Phi) is 5.27. The Labute approximate surface area is 176 Å². The lowest BCUT2D eigenvalue weighted by Crippen LogP contribution is -2.38. The number of H-pyrrole nitrogens is 1. The van der Waals surface area contributed by atoms with Gasteiger partial charge in [-0.1, -0.05) is 17.7 Å². The van der Waals surface area contributed by atoms with Crippen molar-refractivity contribution in [2.24, 2.45) is 0 Å². The quantitative estimate of drug-likeness (QED) is 0.586. The fourth-order valence-electron chi connectivity index (χ4n) is 3.79. The van der Waals surface area contributed by atoms with Crippen LogP contribution >= 0.6 is 11.6 Å². The number of fused-ring (bicyclic) bond motifs is 1. The number of hydrogen-bond acceptors (Lipinski definition) is 6. The zero-order valence-corrected chi connectivity index (χ0v) is 17.1. The molecule has 0 spiro atoms. The highest BCUT2D eigenvalue weighted by Crippen LogP contribution is 2.38. The molecule has 0 unspecified atom stereocenters. The second kappa shape index (κ2) is 7.89. The number of aromatic nitrogens is 2. The fraction of sp³-hybridized carbons (Fsp3) is 0.238. The van der Waals surface area contributed by atoms with E-state index in [9.17, 15) is 14.7 Å². The largest absolute Gasteiger partial charge is 0.494 e. The molecule has 1 aromatic heterocycles. The van der Waals surface area contributed by atoms with Gasteiger partial charge in [-0.05, 0) is 47.9 Å². The van der Waals surface area contributed by atoms with Gasteiger partial charge >= 0.3 is 5.69 Å². The van der Waals surface area contributed by atoms with Crippen molar-refractivity contribution < 1.29 is 14.6 Å². The van der Waals surface area contributed by atoms with Gasteiger partial charge in [-0.25, -0.2) is 9.36 Å². The van der Waals surface area contributed by atoms with Crippen molar-refractivity contribution >= 4 is 11.6 Å². The summed E-state index contributed by atoms with van der Waals surface area (Å²) < 4.78 is 11.8. The SMILES string of the molecule is COc1cc2c(cc1OC)[C@@H](c1c(O)n(-c3cccc(Cl)c3)c(=O)[nH]c1=O)NCC2. The number of rotatable bonds is 4. The summed E-state index contributed by atoms with van der Waals surface area (Å²) in [4.78, 5) is 27.5.